The number of amides is 3. The van der Waals surface area contributed by atoms with Crippen molar-refractivity contribution in [2.75, 3.05) is 31.2 Å². The standard InChI is InChI=1S/C16H21N3O6S/c20-15(19-11-5-6-26(22,23)10-11)8-18-16(21)17-7-12-9-24-13-3-1-2-4-14(13)25-12/h1-4,11-12H,5-10H2,(H,19,20)(H2,17,18,21)/t11-,12-/m0/s1. The van der Waals surface area contributed by atoms with E-state index in [0.717, 1.165) is 0 Å². The van der Waals surface area contributed by atoms with Crippen LogP contribution in [0.15, 0.2) is 24.3 Å². The molecule has 2 aliphatic heterocycles. The maximum atomic E-state index is 11.8. The predicted molar refractivity (Wildman–Crippen MR) is 93.0 cm³/mol. The second-order valence-electron chi connectivity index (χ2n) is 6.23. The van der Waals surface area contributed by atoms with Gasteiger partial charge in [0, 0.05) is 6.04 Å². The first-order valence-corrected chi connectivity index (χ1v) is 10.1. The summed E-state index contributed by atoms with van der Waals surface area (Å²) in [5.74, 6) is 0.897. The predicted octanol–water partition coefficient (Wildman–Crippen LogP) is -0.571. The zero-order valence-corrected chi connectivity index (χ0v) is 14.9. The third-order valence-electron chi connectivity index (χ3n) is 4.06. The molecule has 1 aromatic carbocycles. The fourth-order valence-electron chi connectivity index (χ4n) is 2.78. The molecule has 0 radical (unpaired) electrons. The lowest BCUT2D eigenvalue weighted by Crippen LogP contribution is -2.48. The second-order valence-corrected chi connectivity index (χ2v) is 8.46. The van der Waals surface area contributed by atoms with Crippen molar-refractivity contribution in [3.8, 4) is 11.5 Å². The van der Waals surface area contributed by atoms with Crippen LogP contribution in [0.5, 0.6) is 11.5 Å². The molecule has 10 heteroatoms. The van der Waals surface area contributed by atoms with Crippen molar-refractivity contribution in [3.05, 3.63) is 24.3 Å². The van der Waals surface area contributed by atoms with Gasteiger partial charge in [0.05, 0.1) is 24.6 Å². The molecule has 1 fully saturated rings. The van der Waals surface area contributed by atoms with Crippen LogP contribution in [0.25, 0.3) is 0 Å². The SMILES string of the molecule is O=C(CNC(=O)NC[C@H]1COc2ccccc2O1)N[C@H]1CCS(=O)(=O)C1. The van der Waals surface area contributed by atoms with E-state index in [9.17, 15) is 18.0 Å². The van der Waals surface area contributed by atoms with Crippen LogP contribution in [-0.4, -0.2) is 63.7 Å². The molecule has 0 unspecified atom stereocenters. The molecule has 2 atom stereocenters. The molecular formula is C16H21N3O6S. The molecule has 0 saturated carbocycles. The van der Waals surface area contributed by atoms with Crippen LogP contribution in [0.1, 0.15) is 6.42 Å². The minimum absolute atomic E-state index is 0.0502. The molecule has 3 rings (SSSR count). The first-order chi connectivity index (χ1) is 12.4. The lowest BCUT2D eigenvalue weighted by Gasteiger charge is -2.26. The summed E-state index contributed by atoms with van der Waals surface area (Å²) in [6.07, 6.45) is 0.0778. The molecule has 0 aromatic heterocycles. The number of carbonyl (C=O) groups is 2. The van der Waals surface area contributed by atoms with Gasteiger partial charge >= 0.3 is 6.03 Å². The monoisotopic (exact) mass is 383 g/mol. The topological polar surface area (TPSA) is 123 Å². The van der Waals surface area contributed by atoms with Crippen LogP contribution in [0.2, 0.25) is 0 Å². The van der Waals surface area contributed by atoms with Gasteiger partial charge in [-0.1, -0.05) is 12.1 Å². The minimum atomic E-state index is -3.05. The quantitative estimate of drug-likeness (QED) is 0.626. The van der Waals surface area contributed by atoms with Crippen molar-refractivity contribution in [1.82, 2.24) is 16.0 Å². The third-order valence-corrected chi connectivity index (χ3v) is 5.83. The Morgan fingerprint density at radius 1 is 1.15 bits per heavy atom. The maximum Gasteiger partial charge on any atom is 0.315 e. The lowest BCUT2D eigenvalue weighted by molar-refractivity contribution is -0.120. The summed E-state index contributed by atoms with van der Waals surface area (Å²) >= 11 is 0. The van der Waals surface area contributed by atoms with E-state index in [4.69, 9.17) is 9.47 Å². The molecule has 0 aliphatic carbocycles. The first-order valence-electron chi connectivity index (χ1n) is 8.31. The number of nitrogens with one attached hydrogen (secondary N) is 3. The van der Waals surface area contributed by atoms with E-state index in [2.05, 4.69) is 16.0 Å². The highest BCUT2D eigenvalue weighted by atomic mass is 32.2. The Labute approximate surface area is 151 Å². The number of sulfone groups is 1. The van der Waals surface area contributed by atoms with Crippen molar-refractivity contribution in [2.45, 2.75) is 18.6 Å². The Hall–Kier alpha value is -2.49. The summed E-state index contributed by atoms with van der Waals surface area (Å²) in [5.41, 5.74) is 0. The van der Waals surface area contributed by atoms with Gasteiger partial charge in [0.1, 0.15) is 6.61 Å². The van der Waals surface area contributed by atoms with Crippen molar-refractivity contribution in [2.24, 2.45) is 0 Å². The number of para-hydroxylation sites is 2. The third kappa shape index (κ3) is 5.01. The Bertz CT molecular complexity index is 782. The van der Waals surface area contributed by atoms with Gasteiger partial charge in [-0.25, -0.2) is 13.2 Å². The van der Waals surface area contributed by atoms with E-state index in [1.165, 1.54) is 0 Å². The normalized spacial score (nSPS) is 23.1. The second kappa shape index (κ2) is 7.81. The summed E-state index contributed by atoms with van der Waals surface area (Å²) in [6, 6.07) is 6.38. The highest BCUT2D eigenvalue weighted by molar-refractivity contribution is 7.91. The highest BCUT2D eigenvalue weighted by Gasteiger charge is 2.28. The molecular weight excluding hydrogens is 362 g/mol. The number of carbonyl (C=O) groups excluding carboxylic acids is 2. The average Bonchev–Trinajstić information content (AvgIpc) is 2.96. The minimum Gasteiger partial charge on any atom is -0.486 e. The Kier molecular flexibility index (Phi) is 5.50. The Morgan fingerprint density at radius 3 is 2.65 bits per heavy atom. The molecule has 1 saturated heterocycles. The number of fused-ring (bicyclic) bond motifs is 1. The molecule has 0 spiro atoms. The van der Waals surface area contributed by atoms with Gasteiger partial charge in [0.15, 0.2) is 27.4 Å². The van der Waals surface area contributed by atoms with Crippen LogP contribution in [-0.2, 0) is 14.6 Å². The molecule has 0 bridgehead atoms. The van der Waals surface area contributed by atoms with Crippen molar-refractivity contribution >= 4 is 21.8 Å². The van der Waals surface area contributed by atoms with Crippen molar-refractivity contribution in [3.63, 3.8) is 0 Å². The van der Waals surface area contributed by atoms with Gasteiger partial charge in [-0.05, 0) is 18.6 Å². The summed E-state index contributed by atoms with van der Waals surface area (Å²) in [7, 11) is -3.05. The first kappa shape index (κ1) is 18.3. The van der Waals surface area contributed by atoms with Gasteiger partial charge in [-0.3, -0.25) is 4.79 Å². The van der Waals surface area contributed by atoms with Gasteiger partial charge in [-0.2, -0.15) is 0 Å². The van der Waals surface area contributed by atoms with Crippen LogP contribution in [0.4, 0.5) is 4.79 Å². The Morgan fingerprint density at radius 2 is 1.92 bits per heavy atom. The molecule has 26 heavy (non-hydrogen) atoms. The average molecular weight is 383 g/mol. The van der Waals surface area contributed by atoms with E-state index in [-0.39, 0.29) is 36.7 Å². The fraction of sp³-hybridized carbons (Fsp3) is 0.500. The molecule has 9 nitrogen and oxygen atoms in total. The summed E-state index contributed by atoms with van der Waals surface area (Å²) < 4.78 is 34.0. The van der Waals surface area contributed by atoms with E-state index in [1.54, 1.807) is 12.1 Å². The number of ether oxygens (including phenoxy) is 2. The lowest BCUT2D eigenvalue weighted by atomic mass is 10.2. The van der Waals surface area contributed by atoms with Crippen LogP contribution in [0.3, 0.4) is 0 Å². The van der Waals surface area contributed by atoms with E-state index < -0.39 is 21.8 Å². The van der Waals surface area contributed by atoms with Gasteiger partial charge in [-0.15, -0.1) is 0 Å². The van der Waals surface area contributed by atoms with Gasteiger partial charge in [0.2, 0.25) is 5.91 Å². The molecule has 2 heterocycles. The van der Waals surface area contributed by atoms with E-state index in [1.807, 2.05) is 12.1 Å². The summed E-state index contributed by atoms with van der Waals surface area (Å²) in [6.45, 7) is 0.309. The smallest absolute Gasteiger partial charge is 0.315 e. The summed E-state index contributed by atoms with van der Waals surface area (Å²) in [4.78, 5) is 23.5. The number of hydrogen-bond acceptors (Lipinski definition) is 6. The highest BCUT2D eigenvalue weighted by Crippen LogP contribution is 2.30. The summed E-state index contributed by atoms with van der Waals surface area (Å²) in [5, 5.41) is 7.64. The fourth-order valence-corrected chi connectivity index (χ4v) is 4.45. The molecule has 1 aromatic rings. The Balaban J connectivity index is 1.34. The molecule has 3 N–H and O–H groups in total. The molecule has 2 aliphatic rings. The largest absolute Gasteiger partial charge is 0.486 e. The van der Waals surface area contributed by atoms with Crippen LogP contribution < -0.4 is 25.4 Å². The number of rotatable bonds is 5. The van der Waals surface area contributed by atoms with Crippen molar-refractivity contribution in [1.29, 1.82) is 0 Å². The van der Waals surface area contributed by atoms with Gasteiger partial charge in [0.25, 0.3) is 0 Å². The van der Waals surface area contributed by atoms with E-state index in [0.29, 0.717) is 24.5 Å². The number of benzene rings is 1. The molecule has 3 amide bonds. The van der Waals surface area contributed by atoms with Gasteiger partial charge < -0.3 is 25.4 Å². The maximum absolute atomic E-state index is 11.8. The molecule has 142 valence electrons. The van der Waals surface area contributed by atoms with E-state index >= 15 is 0 Å². The number of urea groups is 1. The van der Waals surface area contributed by atoms with Crippen molar-refractivity contribution < 1.29 is 27.5 Å². The zero-order chi connectivity index (χ0) is 18.6. The van der Waals surface area contributed by atoms with Crippen LogP contribution >= 0.6 is 0 Å². The van der Waals surface area contributed by atoms with Crippen LogP contribution in [0, 0.1) is 0 Å². The number of hydrogen-bond donors (Lipinski definition) is 3. The zero-order valence-electron chi connectivity index (χ0n) is 14.1.